The van der Waals surface area contributed by atoms with Gasteiger partial charge in [0.2, 0.25) is 5.91 Å². The Morgan fingerprint density at radius 1 is 1.22 bits per heavy atom. The number of aromatic nitrogens is 4. The quantitative estimate of drug-likeness (QED) is 0.507. The molecule has 4 heterocycles. The molecule has 0 radical (unpaired) electrons. The number of benzene rings is 1. The largest absolute Gasteiger partial charge is 0.309 e. The van der Waals surface area contributed by atoms with E-state index in [-0.39, 0.29) is 17.4 Å². The summed E-state index contributed by atoms with van der Waals surface area (Å²) in [6.07, 6.45) is 6.40. The number of rotatable bonds is 5. The Kier molecular flexibility index (Phi) is 5.74. The molecule has 1 aromatic carbocycles. The third-order valence-corrected chi connectivity index (χ3v) is 6.43. The summed E-state index contributed by atoms with van der Waals surface area (Å²) in [6, 6.07) is 11.5. The molecule has 1 atom stereocenters. The van der Waals surface area contributed by atoms with Crippen LogP contribution in [0.1, 0.15) is 18.5 Å². The zero-order valence-electron chi connectivity index (χ0n) is 17.3. The Bertz CT molecular complexity index is 1290. The normalized spacial score (nSPS) is 16.8. The number of nitrogens with zero attached hydrogens (tertiary/aromatic N) is 5. The number of fused-ring (bicyclic) bond motifs is 1. The van der Waals surface area contributed by atoms with E-state index >= 15 is 0 Å². The van der Waals surface area contributed by atoms with Crippen LogP contribution in [-0.2, 0) is 11.3 Å². The Labute approximate surface area is 188 Å². The summed E-state index contributed by atoms with van der Waals surface area (Å²) in [5.41, 5.74) is 2.49. The average molecular weight is 447 g/mol. The number of amides is 1. The van der Waals surface area contributed by atoms with E-state index in [9.17, 15) is 9.59 Å². The van der Waals surface area contributed by atoms with E-state index in [1.807, 2.05) is 35.7 Å². The van der Waals surface area contributed by atoms with Gasteiger partial charge in [-0.3, -0.25) is 23.9 Å². The molecule has 0 aliphatic carbocycles. The van der Waals surface area contributed by atoms with Gasteiger partial charge in [0.1, 0.15) is 0 Å². The molecular weight excluding hydrogens is 424 g/mol. The second kappa shape index (κ2) is 8.97. The molecule has 0 saturated carbocycles. The van der Waals surface area contributed by atoms with E-state index in [2.05, 4.69) is 20.2 Å². The maximum Gasteiger partial charge on any atom is 0.259 e. The number of likely N-dealkylation sites (tertiary alicyclic amines) is 1. The molecule has 1 unspecified atom stereocenters. The van der Waals surface area contributed by atoms with Gasteiger partial charge in [0.15, 0.2) is 10.8 Å². The maximum absolute atomic E-state index is 12.9. The van der Waals surface area contributed by atoms with Crippen LogP contribution in [0.5, 0.6) is 0 Å². The van der Waals surface area contributed by atoms with Crippen molar-refractivity contribution >= 4 is 28.0 Å². The van der Waals surface area contributed by atoms with E-state index in [0.29, 0.717) is 23.9 Å². The summed E-state index contributed by atoms with van der Waals surface area (Å²) in [6.45, 7) is 2.03. The zero-order chi connectivity index (χ0) is 21.9. The van der Waals surface area contributed by atoms with Crippen molar-refractivity contribution in [3.63, 3.8) is 0 Å². The zero-order valence-corrected chi connectivity index (χ0v) is 18.2. The molecule has 1 N–H and O–H groups in total. The summed E-state index contributed by atoms with van der Waals surface area (Å²) in [5.74, 6) is 0.271. The molecule has 1 amide bonds. The lowest BCUT2D eigenvalue weighted by molar-refractivity contribution is -0.121. The Balaban J connectivity index is 1.31. The lowest BCUT2D eigenvalue weighted by Gasteiger charge is -2.31. The molecule has 1 fully saturated rings. The number of thiazole rings is 1. The Hall–Kier alpha value is -3.43. The minimum absolute atomic E-state index is 0.0514. The summed E-state index contributed by atoms with van der Waals surface area (Å²) < 4.78 is 1.66. The number of carbonyl (C=O) groups excluding carboxylic acids is 1. The number of piperidine rings is 1. The molecule has 162 valence electrons. The number of hydrogen-bond donors (Lipinski definition) is 1. The van der Waals surface area contributed by atoms with Gasteiger partial charge >= 0.3 is 0 Å². The number of nitrogens with one attached hydrogen (secondary N) is 1. The van der Waals surface area contributed by atoms with Crippen molar-refractivity contribution in [1.29, 1.82) is 0 Å². The van der Waals surface area contributed by atoms with Crippen molar-refractivity contribution in [3.8, 4) is 11.3 Å². The third kappa shape index (κ3) is 4.30. The molecule has 9 heteroatoms. The first kappa shape index (κ1) is 20.5. The van der Waals surface area contributed by atoms with Gasteiger partial charge in [-0.25, -0.2) is 9.97 Å². The van der Waals surface area contributed by atoms with E-state index in [4.69, 9.17) is 4.98 Å². The molecule has 5 rings (SSSR count). The van der Waals surface area contributed by atoms with Crippen molar-refractivity contribution in [2.45, 2.75) is 19.4 Å². The fourth-order valence-corrected chi connectivity index (χ4v) is 5.01. The Morgan fingerprint density at radius 3 is 2.91 bits per heavy atom. The first-order chi connectivity index (χ1) is 15.7. The summed E-state index contributed by atoms with van der Waals surface area (Å²) in [7, 11) is 0. The van der Waals surface area contributed by atoms with Crippen LogP contribution in [0, 0.1) is 5.92 Å². The molecule has 3 aromatic heterocycles. The minimum Gasteiger partial charge on any atom is -0.309 e. The Morgan fingerprint density at radius 2 is 2.09 bits per heavy atom. The van der Waals surface area contributed by atoms with Gasteiger partial charge in [-0.05, 0) is 24.9 Å². The molecule has 1 aliphatic heterocycles. The molecular formula is C23H22N6O2S. The van der Waals surface area contributed by atoms with E-state index < -0.39 is 0 Å². The van der Waals surface area contributed by atoms with Crippen molar-refractivity contribution in [2.75, 3.05) is 18.4 Å². The molecule has 4 aromatic rings. The van der Waals surface area contributed by atoms with Crippen LogP contribution < -0.4 is 10.9 Å². The molecule has 1 aliphatic rings. The van der Waals surface area contributed by atoms with Gasteiger partial charge in [0, 0.05) is 36.9 Å². The fraction of sp³-hybridized carbons (Fsp3) is 0.261. The molecule has 8 nitrogen and oxygen atoms in total. The lowest BCUT2D eigenvalue weighted by atomic mass is 9.97. The summed E-state index contributed by atoms with van der Waals surface area (Å²) in [4.78, 5) is 41.3. The predicted molar refractivity (Wildman–Crippen MR) is 123 cm³/mol. The van der Waals surface area contributed by atoms with Crippen LogP contribution in [-0.4, -0.2) is 43.2 Å². The number of hydrogen-bond acceptors (Lipinski definition) is 7. The topological polar surface area (TPSA) is 92.5 Å². The maximum atomic E-state index is 12.9. The molecule has 0 bridgehead atoms. The van der Waals surface area contributed by atoms with Crippen LogP contribution >= 0.6 is 11.3 Å². The van der Waals surface area contributed by atoms with Crippen molar-refractivity contribution < 1.29 is 4.79 Å². The molecule has 1 saturated heterocycles. The summed E-state index contributed by atoms with van der Waals surface area (Å²) >= 11 is 1.46. The van der Waals surface area contributed by atoms with Crippen molar-refractivity contribution in [2.24, 2.45) is 5.92 Å². The molecule has 32 heavy (non-hydrogen) atoms. The van der Waals surface area contributed by atoms with E-state index in [0.717, 1.165) is 36.3 Å². The second-order valence-corrected chi connectivity index (χ2v) is 8.68. The monoisotopic (exact) mass is 446 g/mol. The average Bonchev–Trinajstić information content (AvgIpc) is 3.25. The van der Waals surface area contributed by atoms with Crippen LogP contribution in [0.3, 0.4) is 0 Å². The van der Waals surface area contributed by atoms with Crippen molar-refractivity contribution in [3.05, 3.63) is 76.4 Å². The van der Waals surface area contributed by atoms with Gasteiger partial charge < -0.3 is 5.32 Å². The summed E-state index contributed by atoms with van der Waals surface area (Å²) in [5, 5.41) is 4.81. The van der Waals surface area contributed by atoms with Gasteiger partial charge in [-0.2, -0.15) is 0 Å². The first-order valence-electron chi connectivity index (χ1n) is 10.5. The molecule has 0 spiro atoms. The van der Waals surface area contributed by atoms with Gasteiger partial charge in [0.05, 0.1) is 23.5 Å². The highest BCUT2D eigenvalue weighted by molar-refractivity contribution is 7.15. The van der Waals surface area contributed by atoms with E-state index in [1.54, 1.807) is 22.9 Å². The lowest BCUT2D eigenvalue weighted by Crippen LogP contribution is -2.40. The van der Waals surface area contributed by atoms with Crippen LogP contribution in [0.2, 0.25) is 0 Å². The SMILES string of the molecule is O=C(Nc1cnccn1)C1CCCN(Cc2cc(=O)n3c(-c4ccccc4)csc3n2)C1. The third-order valence-electron chi connectivity index (χ3n) is 5.60. The minimum atomic E-state index is -0.137. The number of anilines is 1. The van der Waals surface area contributed by atoms with Gasteiger partial charge in [-0.1, -0.05) is 30.3 Å². The van der Waals surface area contributed by atoms with Gasteiger partial charge in [-0.15, -0.1) is 11.3 Å². The van der Waals surface area contributed by atoms with Crippen LogP contribution in [0.15, 0.2) is 65.2 Å². The highest BCUT2D eigenvalue weighted by Crippen LogP contribution is 2.24. The standard InChI is InChI=1S/C23H22N6O2S/c30-21-11-18(26-23-29(21)19(15-32-23)16-5-2-1-3-6-16)14-28-10-4-7-17(13-28)22(31)27-20-12-24-8-9-25-20/h1-3,5-6,8-9,11-12,15,17H,4,7,10,13-14H2,(H,25,27,31). The fourth-order valence-electron chi connectivity index (χ4n) is 4.09. The first-order valence-corrected chi connectivity index (χ1v) is 11.4. The highest BCUT2D eigenvalue weighted by Gasteiger charge is 2.26. The smallest absolute Gasteiger partial charge is 0.259 e. The van der Waals surface area contributed by atoms with Gasteiger partial charge in [0.25, 0.3) is 5.56 Å². The second-order valence-electron chi connectivity index (χ2n) is 7.84. The van der Waals surface area contributed by atoms with Crippen LogP contribution in [0.4, 0.5) is 5.82 Å². The van der Waals surface area contributed by atoms with Crippen molar-refractivity contribution in [1.82, 2.24) is 24.3 Å². The van der Waals surface area contributed by atoms with E-state index in [1.165, 1.54) is 17.5 Å². The number of carbonyl (C=O) groups is 1. The predicted octanol–water partition coefficient (Wildman–Crippen LogP) is 3.06. The van der Waals surface area contributed by atoms with Crippen LogP contribution in [0.25, 0.3) is 16.2 Å². The highest BCUT2D eigenvalue weighted by atomic mass is 32.1.